The molecule has 0 bridgehead atoms. The first-order valence-electron chi connectivity index (χ1n) is 10.5. The molecule has 4 rings (SSSR count). The van der Waals surface area contributed by atoms with Crippen LogP contribution < -0.4 is 14.8 Å². The molecule has 1 aromatic heterocycles. The van der Waals surface area contributed by atoms with Crippen LogP contribution in [0.25, 0.3) is 5.69 Å². The number of carbonyl (C=O) groups excluding carboxylic acids is 2. The molecule has 9 heteroatoms. The van der Waals surface area contributed by atoms with Crippen molar-refractivity contribution in [2.75, 3.05) is 19.5 Å². The van der Waals surface area contributed by atoms with Gasteiger partial charge in [0.2, 0.25) is 0 Å². The quantitative estimate of drug-likeness (QED) is 0.549. The Kier molecular flexibility index (Phi) is 6.30. The van der Waals surface area contributed by atoms with E-state index in [0.717, 1.165) is 24.1 Å². The molecule has 8 nitrogen and oxygen atoms in total. The molecule has 172 valence electrons. The molecule has 1 aliphatic carbocycles. The number of nitrogens with one attached hydrogen (secondary N) is 1. The largest absolute Gasteiger partial charge is 0.497 e. The maximum atomic E-state index is 13.3. The number of ether oxygens (including phenoxy) is 3. The lowest BCUT2D eigenvalue weighted by Crippen LogP contribution is -2.30. The molecule has 0 saturated carbocycles. The highest BCUT2D eigenvalue weighted by molar-refractivity contribution is 5.98. The minimum atomic E-state index is -1.08. The van der Waals surface area contributed by atoms with E-state index in [1.54, 1.807) is 35.0 Å². The van der Waals surface area contributed by atoms with E-state index in [1.807, 2.05) is 0 Å². The van der Waals surface area contributed by atoms with Gasteiger partial charge in [0.15, 0.2) is 11.8 Å². The first-order valence-corrected chi connectivity index (χ1v) is 10.5. The molecular formula is C24H24FN3O5. The van der Waals surface area contributed by atoms with Crippen molar-refractivity contribution in [1.29, 1.82) is 0 Å². The zero-order chi connectivity index (χ0) is 23.5. The molecule has 0 radical (unpaired) electrons. The Balaban J connectivity index is 1.51. The van der Waals surface area contributed by atoms with Crippen LogP contribution in [0.1, 0.15) is 35.1 Å². The van der Waals surface area contributed by atoms with Gasteiger partial charge in [0.1, 0.15) is 17.3 Å². The third kappa shape index (κ3) is 4.52. The van der Waals surface area contributed by atoms with Gasteiger partial charge in [-0.1, -0.05) is 0 Å². The summed E-state index contributed by atoms with van der Waals surface area (Å²) in [6.07, 6.45) is 1.23. The van der Waals surface area contributed by atoms with Crippen LogP contribution >= 0.6 is 0 Å². The number of amides is 1. The van der Waals surface area contributed by atoms with Crippen molar-refractivity contribution in [2.45, 2.75) is 32.3 Å². The summed E-state index contributed by atoms with van der Waals surface area (Å²) < 4.78 is 30.8. The molecule has 0 saturated heterocycles. The SMILES string of the molecule is COc1ccc(OC)c(NC(=O)C(C)OC(=O)c2nn(-c3ccc(F)cc3)c3c2CCC3)c1. The number of aromatic nitrogens is 2. The highest BCUT2D eigenvalue weighted by Gasteiger charge is 2.30. The molecule has 1 unspecified atom stereocenters. The summed E-state index contributed by atoms with van der Waals surface area (Å²) in [6, 6.07) is 10.9. The highest BCUT2D eigenvalue weighted by atomic mass is 19.1. The first kappa shape index (κ1) is 22.3. The van der Waals surface area contributed by atoms with Crippen LogP contribution in [-0.2, 0) is 22.4 Å². The number of rotatable bonds is 7. The first-order chi connectivity index (χ1) is 15.9. The van der Waals surface area contributed by atoms with Gasteiger partial charge in [0.05, 0.1) is 25.6 Å². The Morgan fingerprint density at radius 1 is 1.09 bits per heavy atom. The lowest BCUT2D eigenvalue weighted by molar-refractivity contribution is -0.123. The Labute approximate surface area is 190 Å². The van der Waals surface area contributed by atoms with Crippen molar-refractivity contribution in [1.82, 2.24) is 9.78 Å². The van der Waals surface area contributed by atoms with Gasteiger partial charge in [-0.3, -0.25) is 4.79 Å². The summed E-state index contributed by atoms with van der Waals surface area (Å²) in [5.41, 5.74) is 2.92. The van der Waals surface area contributed by atoms with Crippen LogP contribution in [0.2, 0.25) is 0 Å². The monoisotopic (exact) mass is 453 g/mol. The normalized spacial score (nSPS) is 13.2. The second-order valence-corrected chi connectivity index (χ2v) is 7.62. The van der Waals surface area contributed by atoms with E-state index in [1.165, 1.54) is 33.3 Å². The van der Waals surface area contributed by atoms with Gasteiger partial charge in [-0.25, -0.2) is 13.9 Å². The van der Waals surface area contributed by atoms with Crippen LogP contribution in [0.4, 0.5) is 10.1 Å². The van der Waals surface area contributed by atoms with Crippen LogP contribution in [0.15, 0.2) is 42.5 Å². The van der Waals surface area contributed by atoms with Crippen molar-refractivity contribution in [3.05, 3.63) is 65.2 Å². The third-order valence-corrected chi connectivity index (χ3v) is 5.51. The molecule has 1 aliphatic rings. The van der Waals surface area contributed by atoms with E-state index in [-0.39, 0.29) is 11.5 Å². The van der Waals surface area contributed by atoms with Crippen LogP contribution in [0, 0.1) is 5.82 Å². The van der Waals surface area contributed by atoms with Gasteiger partial charge in [-0.2, -0.15) is 5.10 Å². The minimum Gasteiger partial charge on any atom is -0.497 e. The van der Waals surface area contributed by atoms with Crippen LogP contribution in [0.3, 0.4) is 0 Å². The molecular weight excluding hydrogens is 429 g/mol. The number of fused-ring (bicyclic) bond motifs is 1. The topological polar surface area (TPSA) is 91.7 Å². The highest BCUT2D eigenvalue weighted by Crippen LogP contribution is 2.30. The molecule has 1 heterocycles. The van der Waals surface area contributed by atoms with Crippen LogP contribution in [-0.4, -0.2) is 42.0 Å². The summed E-state index contributed by atoms with van der Waals surface area (Å²) >= 11 is 0. The summed E-state index contributed by atoms with van der Waals surface area (Å²) in [5.74, 6) is -0.579. The van der Waals surface area contributed by atoms with Gasteiger partial charge in [-0.05, 0) is 62.6 Å². The van der Waals surface area contributed by atoms with Gasteiger partial charge in [0, 0.05) is 17.3 Å². The zero-order valence-corrected chi connectivity index (χ0v) is 18.6. The summed E-state index contributed by atoms with van der Waals surface area (Å²) in [5, 5.41) is 7.13. The molecule has 0 aliphatic heterocycles. The molecule has 2 aromatic carbocycles. The number of hydrogen-bond donors (Lipinski definition) is 1. The Hall–Kier alpha value is -3.88. The minimum absolute atomic E-state index is 0.172. The second kappa shape index (κ2) is 9.32. The van der Waals surface area contributed by atoms with E-state index in [4.69, 9.17) is 14.2 Å². The van der Waals surface area contributed by atoms with Gasteiger partial charge >= 0.3 is 5.97 Å². The number of nitrogens with zero attached hydrogens (tertiary/aromatic N) is 2. The van der Waals surface area contributed by atoms with E-state index in [9.17, 15) is 14.0 Å². The summed E-state index contributed by atoms with van der Waals surface area (Å²) in [6.45, 7) is 1.48. The fourth-order valence-electron chi connectivity index (χ4n) is 3.81. The average Bonchev–Trinajstić information content (AvgIpc) is 3.42. The van der Waals surface area contributed by atoms with Crippen molar-refractivity contribution in [3.8, 4) is 17.2 Å². The maximum absolute atomic E-state index is 13.3. The number of hydrogen-bond acceptors (Lipinski definition) is 6. The standard InChI is InChI=1S/C24H24FN3O5/c1-14(23(29)26-19-13-17(31-2)11-12-21(19)32-3)33-24(30)22-18-5-4-6-20(18)28(27-22)16-9-7-15(25)8-10-16/h7-14H,4-6H2,1-3H3,(H,26,29). The number of methoxy groups -OCH3 is 2. The predicted molar refractivity (Wildman–Crippen MR) is 119 cm³/mol. The fraction of sp³-hybridized carbons (Fsp3) is 0.292. The number of carbonyl (C=O) groups is 2. The summed E-state index contributed by atoms with van der Waals surface area (Å²) in [4.78, 5) is 25.6. The van der Waals surface area contributed by atoms with Gasteiger partial charge < -0.3 is 19.5 Å². The predicted octanol–water partition coefficient (Wildman–Crippen LogP) is 3.70. The van der Waals surface area contributed by atoms with E-state index < -0.39 is 18.0 Å². The van der Waals surface area contributed by atoms with Gasteiger partial charge in [-0.15, -0.1) is 0 Å². The third-order valence-electron chi connectivity index (χ3n) is 5.51. The Morgan fingerprint density at radius 2 is 1.85 bits per heavy atom. The number of benzene rings is 2. The molecule has 3 aromatic rings. The van der Waals surface area contributed by atoms with Crippen molar-refractivity contribution in [3.63, 3.8) is 0 Å². The Bertz CT molecular complexity index is 1190. The number of halogens is 1. The molecule has 1 amide bonds. The van der Waals surface area contributed by atoms with Crippen molar-refractivity contribution in [2.24, 2.45) is 0 Å². The van der Waals surface area contributed by atoms with Gasteiger partial charge in [0.25, 0.3) is 5.91 Å². The Morgan fingerprint density at radius 3 is 2.55 bits per heavy atom. The maximum Gasteiger partial charge on any atom is 0.359 e. The average molecular weight is 453 g/mol. The molecule has 1 N–H and O–H groups in total. The van der Waals surface area contributed by atoms with Crippen molar-refractivity contribution < 1.29 is 28.2 Å². The molecule has 0 fully saturated rings. The van der Waals surface area contributed by atoms with Crippen LogP contribution in [0.5, 0.6) is 11.5 Å². The van der Waals surface area contributed by atoms with E-state index in [2.05, 4.69) is 10.4 Å². The second-order valence-electron chi connectivity index (χ2n) is 7.62. The molecule has 33 heavy (non-hydrogen) atoms. The van der Waals surface area contributed by atoms with Crippen molar-refractivity contribution >= 4 is 17.6 Å². The number of anilines is 1. The van der Waals surface area contributed by atoms with E-state index in [0.29, 0.717) is 29.3 Å². The summed E-state index contributed by atoms with van der Waals surface area (Å²) in [7, 11) is 3.00. The molecule has 1 atom stereocenters. The zero-order valence-electron chi connectivity index (χ0n) is 18.6. The van der Waals surface area contributed by atoms with E-state index >= 15 is 0 Å². The fourth-order valence-corrected chi connectivity index (χ4v) is 3.81. The molecule has 0 spiro atoms. The smallest absolute Gasteiger partial charge is 0.359 e. The lowest BCUT2D eigenvalue weighted by atomic mass is 10.2. The lowest BCUT2D eigenvalue weighted by Gasteiger charge is -2.15. The number of esters is 1.